The van der Waals surface area contributed by atoms with Crippen LogP contribution in [0.5, 0.6) is 11.5 Å². The van der Waals surface area contributed by atoms with E-state index in [-0.39, 0.29) is 17.4 Å². The van der Waals surface area contributed by atoms with E-state index in [2.05, 4.69) is 15.0 Å². The Labute approximate surface area is 175 Å². The molecule has 3 aromatic rings. The molecule has 0 saturated heterocycles. The highest BCUT2D eigenvalue weighted by Crippen LogP contribution is 2.32. The van der Waals surface area contributed by atoms with Gasteiger partial charge in [0.2, 0.25) is 0 Å². The van der Waals surface area contributed by atoms with Crippen LogP contribution in [0, 0.1) is 6.92 Å². The smallest absolute Gasteiger partial charge is 0.387 e. The summed E-state index contributed by atoms with van der Waals surface area (Å²) in [6, 6.07) is 11.6. The molecule has 0 aliphatic rings. The van der Waals surface area contributed by atoms with Gasteiger partial charge in [0.25, 0.3) is 5.91 Å². The van der Waals surface area contributed by atoms with E-state index in [1.807, 2.05) is 24.4 Å². The number of ether oxygens (including phenoxy) is 2. The quantitative estimate of drug-likeness (QED) is 0.466. The summed E-state index contributed by atoms with van der Waals surface area (Å²) in [5.74, 6) is 0.241. The van der Waals surface area contributed by atoms with Crippen molar-refractivity contribution in [1.29, 1.82) is 0 Å². The molecule has 0 aliphatic heterocycles. The summed E-state index contributed by atoms with van der Waals surface area (Å²) in [7, 11) is 1.35. The number of thioether (sulfide) groups is 1. The molecule has 1 aromatic heterocycles. The molecule has 2 aromatic carbocycles. The third kappa shape index (κ3) is 5.68. The normalized spacial score (nSPS) is 10.8. The molecule has 152 valence electrons. The van der Waals surface area contributed by atoms with E-state index in [0.717, 1.165) is 15.6 Å². The lowest BCUT2D eigenvalue weighted by atomic mass is 10.1. The number of aromatic nitrogens is 1. The van der Waals surface area contributed by atoms with E-state index >= 15 is 0 Å². The zero-order chi connectivity index (χ0) is 20.8. The molecule has 0 aliphatic carbocycles. The second-order valence-electron chi connectivity index (χ2n) is 5.90. The summed E-state index contributed by atoms with van der Waals surface area (Å²) in [6.45, 7) is -1.06. The average Bonchev–Trinajstić information content (AvgIpc) is 3.11. The minimum atomic E-state index is -3.00. The summed E-state index contributed by atoms with van der Waals surface area (Å²) < 4.78 is 35.6. The minimum absolute atomic E-state index is 0.150. The largest absolute Gasteiger partial charge is 0.493 e. The molecule has 0 atom stereocenters. The average molecular weight is 437 g/mol. The lowest BCUT2D eigenvalue weighted by molar-refractivity contribution is -0.0511. The maximum Gasteiger partial charge on any atom is 0.387 e. The Bertz CT molecular complexity index is 995. The van der Waals surface area contributed by atoms with Gasteiger partial charge < -0.3 is 14.8 Å². The molecule has 0 saturated carbocycles. The Morgan fingerprint density at radius 2 is 2.03 bits per heavy atom. The van der Waals surface area contributed by atoms with E-state index in [9.17, 15) is 13.6 Å². The number of methoxy groups -OCH3 is 1. The number of amides is 1. The first kappa shape index (κ1) is 21.1. The molecule has 0 radical (unpaired) electrons. The van der Waals surface area contributed by atoms with E-state index in [1.54, 1.807) is 41.3 Å². The second-order valence-corrected chi connectivity index (χ2v) is 7.98. The lowest BCUT2D eigenvalue weighted by Crippen LogP contribution is -2.14. The van der Waals surface area contributed by atoms with Crippen molar-refractivity contribution < 1.29 is 23.0 Å². The molecule has 1 heterocycles. The fourth-order valence-electron chi connectivity index (χ4n) is 2.55. The third-order valence-electron chi connectivity index (χ3n) is 3.85. The highest BCUT2D eigenvalue weighted by molar-refractivity contribution is 8.00. The van der Waals surface area contributed by atoms with E-state index in [1.165, 1.54) is 19.2 Å². The first-order chi connectivity index (χ1) is 14.0. The number of nitrogens with one attached hydrogen (secondary N) is 1. The van der Waals surface area contributed by atoms with Crippen LogP contribution in [0.25, 0.3) is 0 Å². The highest BCUT2D eigenvalue weighted by Gasteiger charge is 2.15. The number of halogens is 2. The lowest BCUT2D eigenvalue weighted by Gasteiger charge is -2.13. The van der Waals surface area contributed by atoms with Crippen LogP contribution in [0.4, 0.5) is 14.5 Å². The maximum atomic E-state index is 12.8. The van der Waals surface area contributed by atoms with Crippen LogP contribution in [-0.2, 0) is 5.75 Å². The number of aryl methyl sites for hydroxylation is 1. The predicted molar refractivity (Wildman–Crippen MR) is 110 cm³/mol. The first-order valence-corrected chi connectivity index (χ1v) is 10.4. The van der Waals surface area contributed by atoms with Gasteiger partial charge in [0.1, 0.15) is 4.34 Å². The zero-order valence-electron chi connectivity index (χ0n) is 15.6. The van der Waals surface area contributed by atoms with Crippen molar-refractivity contribution in [1.82, 2.24) is 4.98 Å². The van der Waals surface area contributed by atoms with Crippen LogP contribution in [0.2, 0.25) is 0 Å². The standard InChI is InChI=1S/C20H18F2N2O3S2/c1-12-10-28-20(23-12)29-11-13-5-3-4-6-15(13)18(25)24-14-7-8-16(26-2)17(9-14)27-19(21)22/h3-10,19H,11H2,1-2H3,(H,24,25). The van der Waals surface area contributed by atoms with Gasteiger partial charge in [-0.3, -0.25) is 4.79 Å². The molecule has 9 heteroatoms. The van der Waals surface area contributed by atoms with Gasteiger partial charge in [0.05, 0.1) is 7.11 Å². The van der Waals surface area contributed by atoms with Crippen molar-refractivity contribution in [3.63, 3.8) is 0 Å². The number of hydrogen-bond acceptors (Lipinski definition) is 6. The molecule has 0 unspecified atom stereocenters. The monoisotopic (exact) mass is 436 g/mol. The third-order valence-corrected chi connectivity index (χ3v) is 6.04. The van der Waals surface area contributed by atoms with Crippen molar-refractivity contribution in [3.05, 3.63) is 64.7 Å². The number of alkyl halides is 2. The number of carbonyl (C=O) groups is 1. The molecule has 29 heavy (non-hydrogen) atoms. The summed E-state index contributed by atoms with van der Waals surface area (Å²) in [5, 5.41) is 4.70. The fraction of sp³-hybridized carbons (Fsp3) is 0.200. The summed E-state index contributed by atoms with van der Waals surface area (Å²) in [4.78, 5) is 17.2. The van der Waals surface area contributed by atoms with Crippen LogP contribution in [0.3, 0.4) is 0 Å². The van der Waals surface area contributed by atoms with Gasteiger partial charge in [-0.2, -0.15) is 8.78 Å². The number of anilines is 1. The number of nitrogens with zero attached hydrogens (tertiary/aromatic N) is 1. The molecular weight excluding hydrogens is 418 g/mol. The van der Waals surface area contributed by atoms with E-state index < -0.39 is 6.61 Å². The van der Waals surface area contributed by atoms with Crippen LogP contribution >= 0.6 is 23.1 Å². The van der Waals surface area contributed by atoms with Crippen molar-refractivity contribution in [2.45, 2.75) is 23.6 Å². The number of hydrogen-bond donors (Lipinski definition) is 1. The van der Waals surface area contributed by atoms with Crippen molar-refractivity contribution >= 4 is 34.7 Å². The topological polar surface area (TPSA) is 60.5 Å². The molecule has 0 bridgehead atoms. The van der Waals surface area contributed by atoms with Gasteiger partial charge in [-0.15, -0.1) is 11.3 Å². The van der Waals surface area contributed by atoms with Crippen LogP contribution in [-0.4, -0.2) is 24.6 Å². The van der Waals surface area contributed by atoms with Crippen LogP contribution in [0.1, 0.15) is 21.6 Å². The second kappa shape index (κ2) is 9.71. The van der Waals surface area contributed by atoms with Gasteiger partial charge in [-0.25, -0.2) is 4.98 Å². The van der Waals surface area contributed by atoms with E-state index in [4.69, 9.17) is 4.74 Å². The van der Waals surface area contributed by atoms with Crippen molar-refractivity contribution in [3.8, 4) is 11.5 Å². The SMILES string of the molecule is COc1ccc(NC(=O)c2ccccc2CSc2nc(C)cs2)cc1OC(F)F. The van der Waals surface area contributed by atoms with Crippen LogP contribution < -0.4 is 14.8 Å². The summed E-state index contributed by atoms with van der Waals surface area (Å²) >= 11 is 3.11. The predicted octanol–water partition coefficient (Wildman–Crippen LogP) is 5.61. The van der Waals surface area contributed by atoms with Crippen molar-refractivity contribution in [2.75, 3.05) is 12.4 Å². The van der Waals surface area contributed by atoms with Gasteiger partial charge in [0.15, 0.2) is 11.5 Å². The molecule has 0 spiro atoms. The minimum Gasteiger partial charge on any atom is -0.493 e. The number of rotatable bonds is 8. The maximum absolute atomic E-state index is 12.8. The van der Waals surface area contributed by atoms with Crippen LogP contribution in [0.15, 0.2) is 52.2 Å². The Kier molecular flexibility index (Phi) is 7.05. The molecular formula is C20H18F2N2O3S2. The summed E-state index contributed by atoms with van der Waals surface area (Å²) in [6.07, 6.45) is 0. The molecule has 5 nitrogen and oxygen atoms in total. The first-order valence-electron chi connectivity index (χ1n) is 8.53. The summed E-state index contributed by atoms with van der Waals surface area (Å²) in [5.41, 5.74) is 2.63. The van der Waals surface area contributed by atoms with Crippen molar-refractivity contribution in [2.24, 2.45) is 0 Å². The Balaban J connectivity index is 1.75. The highest BCUT2D eigenvalue weighted by atomic mass is 32.2. The zero-order valence-corrected chi connectivity index (χ0v) is 17.3. The molecule has 3 rings (SSSR count). The van der Waals surface area contributed by atoms with E-state index in [0.29, 0.717) is 17.0 Å². The molecule has 1 amide bonds. The fourth-order valence-corrected chi connectivity index (χ4v) is 4.40. The van der Waals surface area contributed by atoms with Gasteiger partial charge in [-0.1, -0.05) is 30.0 Å². The number of carbonyl (C=O) groups excluding carboxylic acids is 1. The Morgan fingerprint density at radius 1 is 1.24 bits per heavy atom. The Hall–Kier alpha value is -2.65. The molecule has 0 fully saturated rings. The molecule has 1 N–H and O–H groups in total. The number of thiazole rings is 1. The van der Waals surface area contributed by atoms with Gasteiger partial charge in [-0.05, 0) is 30.7 Å². The number of benzene rings is 2. The van der Waals surface area contributed by atoms with Gasteiger partial charge in [0, 0.05) is 34.1 Å². The van der Waals surface area contributed by atoms with Gasteiger partial charge >= 0.3 is 6.61 Å². The Morgan fingerprint density at radius 3 is 2.72 bits per heavy atom.